The van der Waals surface area contributed by atoms with Crippen molar-refractivity contribution in [2.45, 2.75) is 4.90 Å². The summed E-state index contributed by atoms with van der Waals surface area (Å²) in [5, 5.41) is 0. The topological polar surface area (TPSA) is 46.6 Å². The summed E-state index contributed by atoms with van der Waals surface area (Å²) in [7, 11) is 1.52. The summed E-state index contributed by atoms with van der Waals surface area (Å²) in [5.74, 6) is -0.742. The van der Waals surface area contributed by atoms with Crippen molar-refractivity contribution in [1.29, 1.82) is 0 Å². The van der Waals surface area contributed by atoms with Gasteiger partial charge in [0.05, 0.1) is 23.3 Å². The van der Waals surface area contributed by atoms with E-state index in [0.29, 0.717) is 21.9 Å². The Morgan fingerprint density at radius 1 is 0.862 bits per heavy atom. The van der Waals surface area contributed by atoms with Gasteiger partial charge in [0.2, 0.25) is 0 Å². The predicted octanol–water partition coefficient (Wildman–Crippen LogP) is 4.91. The number of anilines is 1. The zero-order valence-electron chi connectivity index (χ0n) is 15.5. The average molecular weight is 405 g/mol. The number of carbonyl (C=O) groups excluding carboxylic acids is 2. The largest absolute Gasteiger partial charge is 0.497 e. The van der Waals surface area contributed by atoms with Gasteiger partial charge in [-0.3, -0.25) is 9.59 Å². The minimum atomic E-state index is -0.451. The van der Waals surface area contributed by atoms with Crippen LogP contribution in [0.5, 0.6) is 5.75 Å². The fourth-order valence-electron chi connectivity index (χ4n) is 3.07. The maximum absolute atomic E-state index is 13.4. The third-order valence-electron chi connectivity index (χ3n) is 4.45. The Balaban J connectivity index is 1.82. The van der Waals surface area contributed by atoms with Crippen LogP contribution in [0.4, 0.5) is 10.1 Å². The molecule has 0 aliphatic carbocycles. The van der Waals surface area contributed by atoms with E-state index in [0.717, 1.165) is 9.80 Å². The second kappa shape index (κ2) is 7.93. The quantitative estimate of drug-likeness (QED) is 0.566. The van der Waals surface area contributed by atoms with Gasteiger partial charge in [-0.2, -0.15) is 0 Å². The van der Waals surface area contributed by atoms with Crippen LogP contribution in [-0.4, -0.2) is 18.9 Å². The molecule has 29 heavy (non-hydrogen) atoms. The molecule has 3 aromatic rings. The molecule has 1 aliphatic rings. The van der Waals surface area contributed by atoms with Gasteiger partial charge >= 0.3 is 0 Å². The lowest BCUT2D eigenvalue weighted by molar-refractivity contribution is -0.119. The number of hydrogen-bond acceptors (Lipinski definition) is 4. The highest BCUT2D eigenvalue weighted by Crippen LogP contribution is 2.41. The maximum atomic E-state index is 13.4. The third kappa shape index (κ3) is 3.67. The van der Waals surface area contributed by atoms with Crippen LogP contribution in [-0.2, 0) is 9.59 Å². The first kappa shape index (κ1) is 19.0. The highest BCUT2D eigenvalue weighted by atomic mass is 32.2. The zero-order valence-corrected chi connectivity index (χ0v) is 16.3. The molecule has 6 heteroatoms. The van der Waals surface area contributed by atoms with Crippen LogP contribution in [0.1, 0.15) is 5.56 Å². The molecule has 2 amide bonds. The first-order valence-corrected chi connectivity index (χ1v) is 9.66. The Labute approximate surface area is 171 Å². The number of hydrogen-bond donors (Lipinski definition) is 0. The van der Waals surface area contributed by atoms with Gasteiger partial charge in [0.1, 0.15) is 11.6 Å². The van der Waals surface area contributed by atoms with Crippen molar-refractivity contribution in [3.8, 4) is 5.75 Å². The third-order valence-corrected chi connectivity index (χ3v) is 5.54. The van der Waals surface area contributed by atoms with Crippen LogP contribution < -0.4 is 9.64 Å². The van der Waals surface area contributed by atoms with Crippen LogP contribution in [0.15, 0.2) is 88.7 Å². The Kier molecular flexibility index (Phi) is 5.18. The Bertz CT molecular complexity index is 1110. The van der Waals surface area contributed by atoms with Crippen molar-refractivity contribution in [3.05, 3.63) is 95.1 Å². The highest BCUT2D eigenvalue weighted by molar-refractivity contribution is 8.04. The van der Waals surface area contributed by atoms with Crippen LogP contribution >= 0.6 is 11.8 Å². The molecule has 0 spiro atoms. The molecule has 1 heterocycles. The Morgan fingerprint density at radius 2 is 1.59 bits per heavy atom. The van der Waals surface area contributed by atoms with Gasteiger partial charge < -0.3 is 4.74 Å². The van der Waals surface area contributed by atoms with Crippen LogP contribution in [0.2, 0.25) is 0 Å². The highest BCUT2D eigenvalue weighted by Gasteiger charge is 2.40. The lowest BCUT2D eigenvalue weighted by Crippen LogP contribution is -2.31. The van der Waals surface area contributed by atoms with Crippen LogP contribution in [0, 0.1) is 5.82 Å². The van der Waals surface area contributed by atoms with Gasteiger partial charge in [0, 0.05) is 11.0 Å². The summed E-state index contributed by atoms with van der Waals surface area (Å²) in [4.78, 5) is 28.8. The average Bonchev–Trinajstić information content (AvgIpc) is 2.99. The van der Waals surface area contributed by atoms with Gasteiger partial charge in [-0.15, -0.1) is 0 Å². The first-order valence-electron chi connectivity index (χ1n) is 8.84. The predicted molar refractivity (Wildman–Crippen MR) is 111 cm³/mol. The summed E-state index contributed by atoms with van der Waals surface area (Å²) in [5.41, 5.74) is 1.17. The molecule has 0 unspecified atom stereocenters. The molecule has 4 rings (SSSR count). The fourth-order valence-corrected chi connectivity index (χ4v) is 4.08. The molecule has 1 aliphatic heterocycles. The van der Waals surface area contributed by atoms with E-state index in [-0.39, 0.29) is 5.57 Å². The van der Waals surface area contributed by atoms with Gasteiger partial charge in [-0.05, 0) is 42.0 Å². The van der Waals surface area contributed by atoms with E-state index < -0.39 is 17.6 Å². The molecule has 0 bridgehead atoms. The number of benzene rings is 3. The van der Waals surface area contributed by atoms with Crippen molar-refractivity contribution in [1.82, 2.24) is 0 Å². The van der Waals surface area contributed by atoms with E-state index in [4.69, 9.17) is 4.74 Å². The SMILES string of the molecule is COc1cccc(N2C(=O)C(Sc3ccccc3)=C(c3ccc(F)cc3)C2=O)c1. The molecule has 0 fully saturated rings. The molecule has 3 aromatic carbocycles. The molecule has 0 aromatic heterocycles. The number of halogens is 1. The summed E-state index contributed by atoms with van der Waals surface area (Å²) in [6.45, 7) is 0. The number of carbonyl (C=O) groups is 2. The van der Waals surface area contributed by atoms with Crippen molar-refractivity contribution >= 4 is 34.8 Å². The van der Waals surface area contributed by atoms with Gasteiger partial charge in [-0.1, -0.05) is 48.2 Å². The van der Waals surface area contributed by atoms with Crippen molar-refractivity contribution < 1.29 is 18.7 Å². The minimum absolute atomic E-state index is 0.256. The van der Waals surface area contributed by atoms with E-state index in [1.165, 1.54) is 43.1 Å². The van der Waals surface area contributed by atoms with Gasteiger partial charge in [-0.25, -0.2) is 9.29 Å². The first-order chi connectivity index (χ1) is 14.1. The second-order valence-electron chi connectivity index (χ2n) is 6.27. The van der Waals surface area contributed by atoms with Crippen molar-refractivity contribution in [3.63, 3.8) is 0 Å². The van der Waals surface area contributed by atoms with Crippen LogP contribution in [0.25, 0.3) is 5.57 Å². The minimum Gasteiger partial charge on any atom is -0.497 e. The molecule has 4 nitrogen and oxygen atoms in total. The van der Waals surface area contributed by atoms with E-state index in [9.17, 15) is 14.0 Å². The van der Waals surface area contributed by atoms with Gasteiger partial charge in [0.15, 0.2) is 0 Å². The number of ether oxygens (including phenoxy) is 1. The molecule has 0 radical (unpaired) electrons. The van der Waals surface area contributed by atoms with E-state index in [2.05, 4.69) is 0 Å². The molecule has 144 valence electrons. The van der Waals surface area contributed by atoms with E-state index in [1.54, 1.807) is 24.3 Å². The molecule has 0 saturated carbocycles. The molecular weight excluding hydrogens is 389 g/mol. The summed E-state index contributed by atoms with van der Waals surface area (Å²) in [6.07, 6.45) is 0. The molecule has 0 saturated heterocycles. The van der Waals surface area contributed by atoms with Crippen LogP contribution in [0.3, 0.4) is 0 Å². The summed E-state index contributed by atoms with van der Waals surface area (Å²) < 4.78 is 18.6. The standard InChI is InChI=1S/C23H16FNO3S/c1-28-18-7-5-6-17(14-18)25-22(26)20(15-10-12-16(24)13-11-15)21(23(25)27)29-19-8-3-2-4-9-19/h2-14H,1H3. The number of methoxy groups -OCH3 is 1. The maximum Gasteiger partial charge on any atom is 0.272 e. The summed E-state index contributed by atoms with van der Waals surface area (Å²) >= 11 is 1.22. The Hall–Kier alpha value is -3.38. The number of imide groups is 1. The second-order valence-corrected chi connectivity index (χ2v) is 7.36. The van der Waals surface area contributed by atoms with Crippen molar-refractivity contribution in [2.75, 3.05) is 12.0 Å². The molecular formula is C23H16FNO3S. The lowest BCUT2D eigenvalue weighted by Gasteiger charge is -2.16. The molecule has 0 atom stereocenters. The van der Waals surface area contributed by atoms with Crippen molar-refractivity contribution in [2.24, 2.45) is 0 Å². The van der Waals surface area contributed by atoms with E-state index >= 15 is 0 Å². The normalized spacial score (nSPS) is 13.9. The number of rotatable bonds is 5. The number of amides is 2. The molecule has 0 N–H and O–H groups in total. The monoisotopic (exact) mass is 405 g/mol. The number of nitrogens with zero attached hydrogens (tertiary/aromatic N) is 1. The zero-order chi connectivity index (χ0) is 20.4. The van der Waals surface area contributed by atoms with E-state index in [1.807, 2.05) is 30.3 Å². The van der Waals surface area contributed by atoms with Gasteiger partial charge in [0.25, 0.3) is 11.8 Å². The number of thioether (sulfide) groups is 1. The smallest absolute Gasteiger partial charge is 0.272 e. The Morgan fingerprint density at radius 3 is 2.28 bits per heavy atom. The fraction of sp³-hybridized carbons (Fsp3) is 0.0435. The lowest BCUT2D eigenvalue weighted by atomic mass is 10.1. The summed E-state index contributed by atoms with van der Waals surface area (Å²) in [6, 6.07) is 21.7.